The quantitative estimate of drug-likeness (QED) is 0.847. The zero-order valence-electron chi connectivity index (χ0n) is 13.7. The van der Waals surface area contributed by atoms with Crippen LogP contribution >= 0.6 is 0 Å². The highest BCUT2D eigenvalue weighted by molar-refractivity contribution is 7.91. The summed E-state index contributed by atoms with van der Waals surface area (Å²) in [5.74, 6) is -0.669. The predicted molar refractivity (Wildman–Crippen MR) is 90.4 cm³/mol. The first-order valence-electron chi connectivity index (χ1n) is 7.88. The molecule has 0 fully saturated rings. The van der Waals surface area contributed by atoms with E-state index in [1.807, 2.05) is 31.2 Å². The topological polar surface area (TPSA) is 80.5 Å². The molecule has 1 aliphatic heterocycles. The van der Waals surface area contributed by atoms with Crippen LogP contribution in [0, 0.1) is 6.92 Å². The van der Waals surface area contributed by atoms with Crippen LogP contribution in [0.4, 0.5) is 5.69 Å². The molecule has 0 aliphatic carbocycles. The molecular weight excluding hydrogens is 328 g/mol. The Kier molecular flexibility index (Phi) is 4.45. The van der Waals surface area contributed by atoms with Crippen molar-refractivity contribution in [3.8, 4) is 0 Å². The number of fused-ring (bicyclic) bond motifs is 1. The van der Waals surface area contributed by atoms with E-state index in [4.69, 9.17) is 4.52 Å². The summed E-state index contributed by atoms with van der Waals surface area (Å²) in [6.07, 6.45) is 1.72. The van der Waals surface area contributed by atoms with Crippen molar-refractivity contribution in [2.75, 3.05) is 10.7 Å². The lowest BCUT2D eigenvalue weighted by molar-refractivity contribution is -0.116. The van der Waals surface area contributed by atoms with Gasteiger partial charge in [-0.25, -0.2) is 8.42 Å². The Morgan fingerprint density at radius 1 is 1.38 bits per heavy atom. The fraction of sp³-hybridized carbons (Fsp3) is 0.412. The van der Waals surface area contributed by atoms with E-state index in [9.17, 15) is 13.2 Å². The summed E-state index contributed by atoms with van der Waals surface area (Å²) in [5, 5.41) is 3.69. The summed E-state index contributed by atoms with van der Waals surface area (Å²) < 4.78 is 29.6. The Labute approximate surface area is 141 Å². The van der Waals surface area contributed by atoms with Crippen LogP contribution in [-0.4, -0.2) is 31.3 Å². The lowest BCUT2D eigenvalue weighted by Crippen LogP contribution is -2.45. The smallest absolute Gasteiger partial charge is 0.242 e. The Balaban J connectivity index is 1.79. The van der Waals surface area contributed by atoms with Crippen molar-refractivity contribution in [3.05, 3.63) is 47.3 Å². The molecule has 0 saturated carbocycles. The van der Waals surface area contributed by atoms with Crippen molar-refractivity contribution in [2.45, 2.75) is 38.5 Å². The SMILES string of the molecule is Cc1cc(CS(=O)(=O)CC(=O)N2c3ccccc3CCC2C)no1. The molecule has 0 N–H and O–H groups in total. The zero-order valence-corrected chi connectivity index (χ0v) is 14.5. The number of benzene rings is 1. The van der Waals surface area contributed by atoms with Gasteiger partial charge in [0.15, 0.2) is 9.84 Å². The Morgan fingerprint density at radius 3 is 2.83 bits per heavy atom. The average Bonchev–Trinajstić information content (AvgIpc) is 2.90. The second-order valence-electron chi connectivity index (χ2n) is 6.24. The Morgan fingerprint density at radius 2 is 2.12 bits per heavy atom. The lowest BCUT2D eigenvalue weighted by atomic mass is 9.97. The minimum Gasteiger partial charge on any atom is -0.361 e. The highest BCUT2D eigenvalue weighted by Crippen LogP contribution is 2.30. The van der Waals surface area contributed by atoms with Gasteiger partial charge in [0.1, 0.15) is 11.5 Å². The van der Waals surface area contributed by atoms with Crippen LogP contribution in [0.3, 0.4) is 0 Å². The van der Waals surface area contributed by atoms with Gasteiger partial charge in [0.05, 0.1) is 11.4 Å². The van der Waals surface area contributed by atoms with Gasteiger partial charge < -0.3 is 9.42 Å². The molecule has 1 aromatic carbocycles. The molecular formula is C17H20N2O4S. The van der Waals surface area contributed by atoms with E-state index in [2.05, 4.69) is 5.16 Å². The fourth-order valence-electron chi connectivity index (χ4n) is 3.09. The van der Waals surface area contributed by atoms with Crippen molar-refractivity contribution in [1.82, 2.24) is 5.16 Å². The van der Waals surface area contributed by atoms with Crippen LogP contribution in [-0.2, 0) is 26.8 Å². The largest absolute Gasteiger partial charge is 0.361 e. The molecule has 0 bridgehead atoms. The third-order valence-electron chi connectivity index (χ3n) is 4.18. The number of aryl methyl sites for hydroxylation is 2. The van der Waals surface area contributed by atoms with Crippen LogP contribution in [0.1, 0.15) is 30.4 Å². The third-order valence-corrected chi connectivity index (χ3v) is 5.60. The first kappa shape index (κ1) is 16.7. The Hall–Kier alpha value is -2.15. The molecule has 1 aliphatic rings. The maximum Gasteiger partial charge on any atom is 0.242 e. The molecule has 1 amide bonds. The number of amides is 1. The molecule has 1 unspecified atom stereocenters. The predicted octanol–water partition coefficient (Wildman–Crippen LogP) is 2.27. The summed E-state index contributed by atoms with van der Waals surface area (Å²) in [6.45, 7) is 3.64. The zero-order chi connectivity index (χ0) is 17.3. The standard InChI is InChI=1S/C17H20N2O4S/c1-12-7-8-14-5-3-4-6-16(14)19(12)17(20)11-24(21,22)10-15-9-13(2)23-18-15/h3-6,9,12H,7-8,10-11H2,1-2H3. The second-order valence-corrected chi connectivity index (χ2v) is 8.31. The average molecular weight is 348 g/mol. The van der Waals surface area contributed by atoms with Gasteiger partial charge >= 0.3 is 0 Å². The van der Waals surface area contributed by atoms with Crippen LogP contribution in [0.2, 0.25) is 0 Å². The van der Waals surface area contributed by atoms with Gasteiger partial charge in [-0.05, 0) is 38.3 Å². The Bertz CT molecular complexity index is 857. The molecule has 6 nitrogen and oxygen atoms in total. The van der Waals surface area contributed by atoms with Gasteiger partial charge in [0, 0.05) is 17.8 Å². The number of rotatable bonds is 4. The maximum atomic E-state index is 12.7. The van der Waals surface area contributed by atoms with E-state index in [1.165, 1.54) is 0 Å². The highest BCUT2D eigenvalue weighted by Gasteiger charge is 2.31. The fourth-order valence-corrected chi connectivity index (χ4v) is 4.29. The molecule has 2 heterocycles. The molecule has 128 valence electrons. The van der Waals surface area contributed by atoms with Gasteiger partial charge in [0.2, 0.25) is 5.91 Å². The molecule has 2 aromatic rings. The number of carbonyl (C=O) groups is 1. The summed E-state index contributed by atoms with van der Waals surface area (Å²) in [6, 6.07) is 9.20. The summed E-state index contributed by atoms with van der Waals surface area (Å²) >= 11 is 0. The van der Waals surface area contributed by atoms with E-state index in [0.29, 0.717) is 11.5 Å². The molecule has 7 heteroatoms. The minimum absolute atomic E-state index is 0.0168. The van der Waals surface area contributed by atoms with E-state index in [-0.39, 0.29) is 11.8 Å². The number of hydrogen-bond donors (Lipinski definition) is 0. The number of para-hydroxylation sites is 1. The molecule has 0 spiro atoms. The number of sulfone groups is 1. The minimum atomic E-state index is -3.61. The summed E-state index contributed by atoms with van der Waals surface area (Å²) in [5.41, 5.74) is 2.22. The highest BCUT2D eigenvalue weighted by atomic mass is 32.2. The summed E-state index contributed by atoms with van der Waals surface area (Å²) in [7, 11) is -3.61. The van der Waals surface area contributed by atoms with E-state index < -0.39 is 21.5 Å². The van der Waals surface area contributed by atoms with Gasteiger partial charge in [-0.2, -0.15) is 0 Å². The third kappa shape index (κ3) is 3.51. The number of hydrogen-bond acceptors (Lipinski definition) is 5. The van der Waals surface area contributed by atoms with Crippen LogP contribution < -0.4 is 4.90 Å². The molecule has 0 radical (unpaired) electrons. The van der Waals surface area contributed by atoms with Crippen molar-refractivity contribution >= 4 is 21.4 Å². The number of nitrogens with zero attached hydrogens (tertiary/aromatic N) is 2. The lowest BCUT2D eigenvalue weighted by Gasteiger charge is -2.35. The first-order chi connectivity index (χ1) is 11.4. The molecule has 0 saturated heterocycles. The van der Waals surface area contributed by atoms with Crippen LogP contribution in [0.15, 0.2) is 34.9 Å². The number of aromatic nitrogens is 1. The monoisotopic (exact) mass is 348 g/mol. The van der Waals surface area contributed by atoms with E-state index in [0.717, 1.165) is 24.1 Å². The van der Waals surface area contributed by atoms with Crippen molar-refractivity contribution in [2.24, 2.45) is 0 Å². The number of carbonyl (C=O) groups excluding carboxylic acids is 1. The summed E-state index contributed by atoms with van der Waals surface area (Å²) in [4.78, 5) is 14.3. The molecule has 1 atom stereocenters. The van der Waals surface area contributed by atoms with Crippen LogP contribution in [0.5, 0.6) is 0 Å². The molecule has 1 aromatic heterocycles. The van der Waals surface area contributed by atoms with Gasteiger partial charge in [-0.15, -0.1) is 0 Å². The maximum absolute atomic E-state index is 12.7. The normalized spacial score (nSPS) is 17.6. The van der Waals surface area contributed by atoms with Gasteiger partial charge in [-0.3, -0.25) is 4.79 Å². The van der Waals surface area contributed by atoms with Crippen molar-refractivity contribution in [1.29, 1.82) is 0 Å². The molecule has 3 rings (SSSR count). The first-order valence-corrected chi connectivity index (χ1v) is 9.70. The van der Waals surface area contributed by atoms with E-state index in [1.54, 1.807) is 17.9 Å². The van der Waals surface area contributed by atoms with Gasteiger partial charge in [0.25, 0.3) is 0 Å². The van der Waals surface area contributed by atoms with Crippen LogP contribution in [0.25, 0.3) is 0 Å². The van der Waals surface area contributed by atoms with Crippen molar-refractivity contribution in [3.63, 3.8) is 0 Å². The molecule has 24 heavy (non-hydrogen) atoms. The van der Waals surface area contributed by atoms with E-state index >= 15 is 0 Å². The van der Waals surface area contributed by atoms with Crippen molar-refractivity contribution < 1.29 is 17.7 Å². The second kappa shape index (κ2) is 6.39. The van der Waals surface area contributed by atoms with Gasteiger partial charge in [-0.1, -0.05) is 23.4 Å². The number of anilines is 1.